The van der Waals surface area contributed by atoms with Gasteiger partial charge in [-0.15, -0.1) is 0 Å². The van der Waals surface area contributed by atoms with Crippen molar-refractivity contribution >= 4 is 17.3 Å². The molecular weight excluding hydrogens is 345 g/mol. The first-order valence-corrected chi connectivity index (χ1v) is 7.78. The minimum atomic E-state index is -2.02. The van der Waals surface area contributed by atoms with E-state index in [0.29, 0.717) is 5.56 Å². The fourth-order valence-electron chi connectivity index (χ4n) is 1.78. The number of hydrogen-bond acceptors (Lipinski definition) is 3. The Labute approximate surface area is 149 Å². The molecule has 0 aromatic heterocycles. The highest BCUT2D eigenvalue weighted by Gasteiger charge is 2.28. The number of rotatable bonds is 5. The minimum absolute atomic E-state index is 0.0417. The first kappa shape index (κ1) is 21.3. The summed E-state index contributed by atoms with van der Waals surface area (Å²) in [5.41, 5.74) is -1.27. The van der Waals surface area contributed by atoms with Crippen molar-refractivity contribution in [2.45, 2.75) is 32.9 Å². The van der Waals surface area contributed by atoms with Crippen LogP contribution in [-0.2, 0) is 4.79 Å². The topological polar surface area (TPSA) is 51.2 Å². The molecule has 2 aromatic carbocycles. The number of halogens is 3. The largest absolute Gasteiger partial charge is 0.296 e. The summed E-state index contributed by atoms with van der Waals surface area (Å²) >= 11 is 0. The van der Waals surface area contributed by atoms with E-state index in [1.165, 1.54) is 43.3 Å². The van der Waals surface area contributed by atoms with Gasteiger partial charge in [0.25, 0.3) is 0 Å². The summed E-state index contributed by atoms with van der Waals surface area (Å²) in [5.74, 6) is -2.10. The molecule has 3 nitrogen and oxygen atoms in total. The first-order valence-electron chi connectivity index (χ1n) is 7.78. The van der Waals surface area contributed by atoms with E-state index < -0.39 is 29.5 Å². The quantitative estimate of drug-likeness (QED) is 0.569. The van der Waals surface area contributed by atoms with E-state index in [1.807, 2.05) is 0 Å². The average molecular weight is 364 g/mol. The van der Waals surface area contributed by atoms with Gasteiger partial charge in [-0.05, 0) is 69.3 Å². The Balaban J connectivity index is 0.000000289. The molecule has 2 aromatic rings. The molecule has 6 heteroatoms. The maximum absolute atomic E-state index is 13.2. The predicted molar refractivity (Wildman–Crippen MR) is 91.9 cm³/mol. The van der Waals surface area contributed by atoms with Crippen molar-refractivity contribution in [3.8, 4) is 0 Å². The number of hydrogen-bond donors (Lipinski definition) is 0. The van der Waals surface area contributed by atoms with Gasteiger partial charge in [-0.2, -0.15) is 0 Å². The van der Waals surface area contributed by atoms with Crippen LogP contribution >= 0.6 is 0 Å². The van der Waals surface area contributed by atoms with Crippen LogP contribution in [0.1, 0.15) is 47.9 Å². The second-order valence-electron chi connectivity index (χ2n) is 6.07. The third-order valence-electron chi connectivity index (χ3n) is 3.40. The Morgan fingerprint density at radius 2 is 1.19 bits per heavy atom. The zero-order valence-corrected chi connectivity index (χ0v) is 14.7. The van der Waals surface area contributed by atoms with Crippen LogP contribution in [0.4, 0.5) is 13.2 Å². The lowest BCUT2D eigenvalue weighted by Crippen LogP contribution is -2.28. The molecule has 0 amide bonds. The van der Waals surface area contributed by atoms with Crippen LogP contribution < -0.4 is 0 Å². The van der Waals surface area contributed by atoms with Crippen molar-refractivity contribution in [1.29, 1.82) is 0 Å². The highest BCUT2D eigenvalue weighted by Crippen LogP contribution is 2.15. The maximum atomic E-state index is 13.2. The van der Waals surface area contributed by atoms with E-state index >= 15 is 0 Å². The molecule has 0 atom stereocenters. The third kappa shape index (κ3) is 7.01. The Morgan fingerprint density at radius 1 is 0.808 bits per heavy atom. The van der Waals surface area contributed by atoms with E-state index in [1.54, 1.807) is 0 Å². The van der Waals surface area contributed by atoms with Crippen molar-refractivity contribution in [2.75, 3.05) is 0 Å². The van der Waals surface area contributed by atoms with Crippen LogP contribution in [0.2, 0.25) is 0 Å². The van der Waals surface area contributed by atoms with Crippen LogP contribution in [0.15, 0.2) is 48.5 Å². The van der Waals surface area contributed by atoms with Gasteiger partial charge in [0.1, 0.15) is 11.6 Å². The SMILES string of the molecule is CC(=O)c1ccc(F)cc1.CC(C)(F)C(=O)CC(=O)c1ccc(F)cc1. The summed E-state index contributed by atoms with van der Waals surface area (Å²) in [4.78, 5) is 33.4. The fourth-order valence-corrected chi connectivity index (χ4v) is 1.78. The molecule has 0 spiro atoms. The smallest absolute Gasteiger partial charge is 0.177 e. The normalized spacial score (nSPS) is 10.5. The Kier molecular flexibility index (Phi) is 7.43. The second-order valence-corrected chi connectivity index (χ2v) is 6.07. The molecule has 0 saturated heterocycles. The van der Waals surface area contributed by atoms with Crippen molar-refractivity contribution in [1.82, 2.24) is 0 Å². The van der Waals surface area contributed by atoms with Crippen LogP contribution in [0.5, 0.6) is 0 Å². The number of carbonyl (C=O) groups excluding carboxylic acids is 3. The van der Waals surface area contributed by atoms with Gasteiger partial charge in [0, 0.05) is 11.1 Å². The lowest BCUT2D eigenvalue weighted by molar-refractivity contribution is -0.127. The Morgan fingerprint density at radius 3 is 1.54 bits per heavy atom. The van der Waals surface area contributed by atoms with Crippen molar-refractivity contribution in [3.05, 3.63) is 71.3 Å². The van der Waals surface area contributed by atoms with E-state index in [2.05, 4.69) is 0 Å². The molecule has 0 aliphatic rings. The molecule has 0 bridgehead atoms. The zero-order valence-electron chi connectivity index (χ0n) is 14.7. The number of carbonyl (C=O) groups is 3. The number of ketones is 3. The van der Waals surface area contributed by atoms with Gasteiger partial charge in [0.2, 0.25) is 0 Å². The summed E-state index contributed by atoms with van der Waals surface area (Å²) in [6, 6.07) is 10.3. The predicted octanol–water partition coefficient (Wildman–Crippen LogP) is 4.74. The lowest BCUT2D eigenvalue weighted by atomic mass is 9.98. The molecule has 0 aliphatic carbocycles. The molecule has 0 unspecified atom stereocenters. The summed E-state index contributed by atoms with van der Waals surface area (Å²) in [6.07, 6.45) is -0.505. The Hall–Kier alpha value is -2.76. The van der Waals surface area contributed by atoms with Gasteiger partial charge < -0.3 is 0 Å². The molecule has 0 N–H and O–H groups in total. The van der Waals surface area contributed by atoms with Crippen LogP contribution in [0.25, 0.3) is 0 Å². The van der Waals surface area contributed by atoms with E-state index in [9.17, 15) is 27.6 Å². The highest BCUT2D eigenvalue weighted by molar-refractivity contribution is 6.10. The van der Waals surface area contributed by atoms with E-state index in [-0.39, 0.29) is 17.2 Å². The maximum Gasteiger partial charge on any atom is 0.177 e. The number of benzene rings is 2. The molecule has 138 valence electrons. The molecule has 0 radical (unpaired) electrons. The summed E-state index contributed by atoms with van der Waals surface area (Å²) in [5, 5.41) is 0. The molecule has 0 fully saturated rings. The second kappa shape index (κ2) is 9.08. The van der Waals surface area contributed by atoms with Gasteiger partial charge in [0.15, 0.2) is 23.0 Å². The van der Waals surface area contributed by atoms with Crippen LogP contribution in [0.3, 0.4) is 0 Å². The number of alkyl halides is 1. The monoisotopic (exact) mass is 364 g/mol. The van der Waals surface area contributed by atoms with Crippen molar-refractivity contribution < 1.29 is 27.6 Å². The molecule has 26 heavy (non-hydrogen) atoms. The van der Waals surface area contributed by atoms with Crippen LogP contribution in [-0.4, -0.2) is 23.0 Å². The van der Waals surface area contributed by atoms with Crippen molar-refractivity contribution in [2.24, 2.45) is 0 Å². The molecule has 0 saturated carbocycles. The molecular formula is C20H19F3O3. The van der Waals surface area contributed by atoms with Gasteiger partial charge in [-0.25, -0.2) is 13.2 Å². The van der Waals surface area contributed by atoms with Crippen LogP contribution in [0, 0.1) is 11.6 Å². The lowest BCUT2D eigenvalue weighted by Gasteiger charge is -2.11. The molecule has 2 rings (SSSR count). The number of Topliss-reactive ketones (excluding diaryl/α,β-unsaturated/α-hetero) is 3. The summed E-state index contributed by atoms with van der Waals surface area (Å²) in [7, 11) is 0. The van der Waals surface area contributed by atoms with Gasteiger partial charge in [-0.1, -0.05) is 0 Å². The average Bonchev–Trinajstić information content (AvgIpc) is 2.55. The van der Waals surface area contributed by atoms with Gasteiger partial charge in [0.05, 0.1) is 6.42 Å². The summed E-state index contributed by atoms with van der Waals surface area (Å²) < 4.78 is 38.0. The molecule has 0 heterocycles. The zero-order chi connectivity index (χ0) is 19.9. The van der Waals surface area contributed by atoms with E-state index in [4.69, 9.17) is 0 Å². The standard InChI is InChI=1S/C12H12F2O2.C8H7FO/c1-12(2,14)11(16)7-10(15)8-3-5-9(13)6-4-8;1-6(10)7-2-4-8(9)5-3-7/h3-6H,7H2,1-2H3;2-5H,1H3. The Bertz CT molecular complexity index is 773. The van der Waals surface area contributed by atoms with E-state index in [0.717, 1.165) is 26.0 Å². The van der Waals surface area contributed by atoms with Crippen molar-refractivity contribution in [3.63, 3.8) is 0 Å². The fraction of sp³-hybridized carbons (Fsp3) is 0.250. The minimum Gasteiger partial charge on any atom is -0.296 e. The third-order valence-corrected chi connectivity index (χ3v) is 3.40. The first-order chi connectivity index (χ1) is 12.0. The summed E-state index contributed by atoms with van der Waals surface area (Å²) in [6.45, 7) is 3.66. The highest BCUT2D eigenvalue weighted by atomic mass is 19.1. The molecule has 0 aliphatic heterocycles. The van der Waals surface area contributed by atoms with Gasteiger partial charge >= 0.3 is 0 Å². The van der Waals surface area contributed by atoms with Gasteiger partial charge in [-0.3, -0.25) is 14.4 Å².